The van der Waals surface area contributed by atoms with Gasteiger partial charge < -0.3 is 10.2 Å². The zero-order chi connectivity index (χ0) is 17.2. The molecule has 1 fully saturated rings. The van der Waals surface area contributed by atoms with Gasteiger partial charge in [-0.3, -0.25) is 9.89 Å². The highest BCUT2D eigenvalue weighted by Crippen LogP contribution is 2.38. The summed E-state index contributed by atoms with van der Waals surface area (Å²) < 4.78 is 12.9. The van der Waals surface area contributed by atoms with Crippen molar-refractivity contribution in [2.24, 2.45) is 5.16 Å². The lowest BCUT2D eigenvalue weighted by Crippen LogP contribution is -2.32. The number of oxime groups is 1. The van der Waals surface area contributed by atoms with Crippen LogP contribution in [0.2, 0.25) is 0 Å². The molecule has 0 spiro atoms. The molecule has 7 heteroatoms. The maximum Gasteiger partial charge on any atom is 0.271 e. The summed E-state index contributed by atoms with van der Waals surface area (Å²) in [5, 5.41) is 13.9. The van der Waals surface area contributed by atoms with Gasteiger partial charge >= 0.3 is 0 Å². The van der Waals surface area contributed by atoms with Crippen LogP contribution in [0.1, 0.15) is 46.9 Å². The van der Waals surface area contributed by atoms with E-state index in [0.717, 1.165) is 29.8 Å². The van der Waals surface area contributed by atoms with Crippen molar-refractivity contribution < 1.29 is 14.0 Å². The van der Waals surface area contributed by atoms with Gasteiger partial charge in [0.1, 0.15) is 17.6 Å². The average molecular weight is 342 g/mol. The van der Waals surface area contributed by atoms with E-state index in [-0.39, 0.29) is 17.8 Å². The van der Waals surface area contributed by atoms with Gasteiger partial charge in [0.2, 0.25) is 0 Å². The van der Waals surface area contributed by atoms with E-state index in [0.29, 0.717) is 31.0 Å². The van der Waals surface area contributed by atoms with Crippen LogP contribution in [0.4, 0.5) is 4.39 Å². The van der Waals surface area contributed by atoms with Crippen molar-refractivity contribution in [2.45, 2.75) is 37.7 Å². The highest BCUT2D eigenvalue weighted by Gasteiger charge is 2.27. The van der Waals surface area contributed by atoms with Crippen LogP contribution in [0.5, 0.6) is 0 Å². The minimum absolute atomic E-state index is 0.179. The monoisotopic (exact) mass is 342 g/mol. The van der Waals surface area contributed by atoms with Crippen molar-refractivity contribution in [2.75, 3.05) is 6.54 Å². The largest absolute Gasteiger partial charge is 0.390 e. The van der Waals surface area contributed by atoms with Crippen LogP contribution in [0.3, 0.4) is 0 Å². The minimum atomic E-state index is -0.253. The fraction of sp³-hybridized carbons (Fsp3) is 0.389. The number of hydrogen-bond donors (Lipinski definition) is 2. The first-order chi connectivity index (χ1) is 12.2. The van der Waals surface area contributed by atoms with Crippen molar-refractivity contribution in [1.29, 1.82) is 0 Å². The Morgan fingerprint density at radius 2 is 2.12 bits per heavy atom. The van der Waals surface area contributed by atoms with Crippen molar-refractivity contribution in [1.82, 2.24) is 15.5 Å². The Morgan fingerprint density at radius 3 is 2.88 bits per heavy atom. The van der Waals surface area contributed by atoms with Gasteiger partial charge in [0, 0.05) is 24.5 Å². The maximum absolute atomic E-state index is 12.9. The second-order valence-electron chi connectivity index (χ2n) is 6.59. The summed E-state index contributed by atoms with van der Waals surface area (Å²) in [5.41, 5.74) is 3.32. The zero-order valence-electron chi connectivity index (χ0n) is 13.7. The number of hydrogen-bond acceptors (Lipinski definition) is 4. The van der Waals surface area contributed by atoms with Crippen LogP contribution in [-0.4, -0.2) is 34.5 Å². The van der Waals surface area contributed by atoms with Gasteiger partial charge in [-0.1, -0.05) is 17.3 Å². The van der Waals surface area contributed by atoms with Crippen molar-refractivity contribution in [3.8, 4) is 0 Å². The standard InChI is InChI=1S/C18H19FN4O2/c19-13-5-1-11(2-6-13)7-14-8-15(25-23-14)10-20-18(24)17-9-16(21-22-17)12-3-4-12/h1-2,5-6,9,12,15H,3-4,7-8,10H2,(H,20,24)(H,21,22). The van der Waals surface area contributed by atoms with Crippen molar-refractivity contribution >= 4 is 11.6 Å². The van der Waals surface area contributed by atoms with E-state index in [1.165, 1.54) is 12.1 Å². The lowest BCUT2D eigenvalue weighted by molar-refractivity contribution is 0.0751. The molecule has 0 saturated heterocycles. The molecule has 1 saturated carbocycles. The van der Waals surface area contributed by atoms with E-state index >= 15 is 0 Å². The van der Waals surface area contributed by atoms with Crippen molar-refractivity contribution in [3.05, 3.63) is 53.1 Å². The molecule has 2 aliphatic rings. The second kappa shape index (κ2) is 6.66. The van der Waals surface area contributed by atoms with E-state index in [1.807, 2.05) is 6.07 Å². The normalized spacial score (nSPS) is 19.4. The molecule has 2 heterocycles. The molecule has 2 N–H and O–H groups in total. The molecular weight excluding hydrogens is 323 g/mol. The fourth-order valence-electron chi connectivity index (χ4n) is 2.89. The van der Waals surface area contributed by atoms with Gasteiger partial charge in [-0.15, -0.1) is 0 Å². The number of aromatic amines is 1. The van der Waals surface area contributed by atoms with Crippen LogP contribution in [0, 0.1) is 5.82 Å². The summed E-state index contributed by atoms with van der Waals surface area (Å²) in [6.45, 7) is 0.376. The van der Waals surface area contributed by atoms with Gasteiger partial charge in [0.05, 0.1) is 12.3 Å². The van der Waals surface area contributed by atoms with Crippen LogP contribution in [-0.2, 0) is 11.3 Å². The second-order valence-corrected chi connectivity index (χ2v) is 6.59. The molecule has 1 atom stereocenters. The number of amides is 1. The molecule has 1 aromatic heterocycles. The molecule has 130 valence electrons. The predicted molar refractivity (Wildman–Crippen MR) is 89.9 cm³/mol. The lowest BCUT2D eigenvalue weighted by Gasteiger charge is -2.08. The van der Waals surface area contributed by atoms with E-state index in [2.05, 4.69) is 20.7 Å². The third kappa shape index (κ3) is 3.87. The van der Waals surface area contributed by atoms with E-state index in [4.69, 9.17) is 4.84 Å². The number of aromatic nitrogens is 2. The number of H-pyrrole nitrogens is 1. The molecule has 0 bridgehead atoms. The molecule has 1 amide bonds. The SMILES string of the molecule is O=C(NCC1CC(Cc2ccc(F)cc2)=NO1)c1cc(C2CC2)[nH]n1. The number of halogens is 1. The van der Waals surface area contributed by atoms with Crippen LogP contribution >= 0.6 is 0 Å². The Hall–Kier alpha value is -2.70. The van der Waals surface area contributed by atoms with Crippen molar-refractivity contribution in [3.63, 3.8) is 0 Å². The van der Waals surface area contributed by atoms with E-state index in [1.54, 1.807) is 12.1 Å². The molecule has 1 aliphatic carbocycles. The Labute approximate surface area is 144 Å². The van der Waals surface area contributed by atoms with Crippen LogP contribution in [0.25, 0.3) is 0 Å². The van der Waals surface area contributed by atoms with Crippen LogP contribution < -0.4 is 5.32 Å². The number of rotatable bonds is 6. The topological polar surface area (TPSA) is 79.4 Å². The number of nitrogens with one attached hydrogen (secondary N) is 2. The molecule has 0 radical (unpaired) electrons. The first kappa shape index (κ1) is 15.8. The number of nitrogens with zero attached hydrogens (tertiary/aromatic N) is 2. The Morgan fingerprint density at radius 1 is 1.32 bits per heavy atom. The molecule has 2 aromatic rings. The Balaban J connectivity index is 1.24. The molecule has 1 aromatic carbocycles. The lowest BCUT2D eigenvalue weighted by atomic mass is 10.0. The number of benzene rings is 1. The van der Waals surface area contributed by atoms with Gasteiger partial charge in [-0.2, -0.15) is 5.10 Å². The Kier molecular flexibility index (Phi) is 4.21. The van der Waals surface area contributed by atoms with Gasteiger partial charge in [0.25, 0.3) is 5.91 Å². The summed E-state index contributed by atoms with van der Waals surface area (Å²) in [6, 6.07) is 8.16. The highest BCUT2D eigenvalue weighted by molar-refractivity contribution is 5.92. The Bertz CT molecular complexity index is 796. The fourth-order valence-corrected chi connectivity index (χ4v) is 2.89. The maximum atomic E-state index is 12.9. The predicted octanol–water partition coefficient (Wildman–Crippen LogP) is 2.54. The molecule has 25 heavy (non-hydrogen) atoms. The molecular formula is C18H19FN4O2. The van der Waals surface area contributed by atoms with Gasteiger partial charge in [-0.25, -0.2) is 4.39 Å². The summed E-state index contributed by atoms with van der Waals surface area (Å²) in [5.74, 6) is 0.0746. The summed E-state index contributed by atoms with van der Waals surface area (Å²) in [7, 11) is 0. The van der Waals surface area contributed by atoms with Gasteiger partial charge in [-0.05, 0) is 36.6 Å². The van der Waals surface area contributed by atoms with Gasteiger partial charge in [0.15, 0.2) is 0 Å². The molecule has 6 nitrogen and oxygen atoms in total. The molecule has 1 aliphatic heterocycles. The smallest absolute Gasteiger partial charge is 0.271 e. The number of carbonyl (C=O) groups excluding carboxylic acids is 1. The van der Waals surface area contributed by atoms with E-state index in [9.17, 15) is 9.18 Å². The first-order valence-corrected chi connectivity index (χ1v) is 8.47. The summed E-state index contributed by atoms with van der Waals surface area (Å²) in [4.78, 5) is 17.5. The summed E-state index contributed by atoms with van der Waals surface area (Å²) >= 11 is 0. The third-order valence-corrected chi connectivity index (χ3v) is 4.45. The average Bonchev–Trinajstić information content (AvgIpc) is 3.17. The molecule has 4 rings (SSSR count). The quantitative estimate of drug-likeness (QED) is 0.847. The summed E-state index contributed by atoms with van der Waals surface area (Å²) in [6.07, 6.45) is 3.40. The minimum Gasteiger partial charge on any atom is -0.390 e. The molecule has 1 unspecified atom stereocenters. The first-order valence-electron chi connectivity index (χ1n) is 8.47. The zero-order valence-corrected chi connectivity index (χ0v) is 13.7. The third-order valence-electron chi connectivity index (χ3n) is 4.45. The van der Waals surface area contributed by atoms with E-state index < -0.39 is 0 Å². The number of carbonyl (C=O) groups is 1. The highest BCUT2D eigenvalue weighted by atomic mass is 19.1. The van der Waals surface area contributed by atoms with Crippen LogP contribution in [0.15, 0.2) is 35.5 Å².